The van der Waals surface area contributed by atoms with Crippen molar-refractivity contribution in [1.82, 2.24) is 20.1 Å². The lowest BCUT2D eigenvalue weighted by Crippen LogP contribution is -2.49. The molecule has 1 amide bonds. The summed E-state index contributed by atoms with van der Waals surface area (Å²) in [6, 6.07) is 10.1. The number of rotatable bonds is 6. The number of nitrogens with zero attached hydrogens (tertiary/aromatic N) is 3. The van der Waals surface area contributed by atoms with E-state index in [0.717, 1.165) is 44.0 Å². The van der Waals surface area contributed by atoms with Gasteiger partial charge in [0.15, 0.2) is 0 Å². The summed E-state index contributed by atoms with van der Waals surface area (Å²) < 4.78 is 0. The van der Waals surface area contributed by atoms with E-state index in [1.807, 2.05) is 42.8 Å². The zero-order chi connectivity index (χ0) is 16.8. The number of aromatic nitrogens is 1. The average Bonchev–Trinajstić information content (AvgIpc) is 3.10. The summed E-state index contributed by atoms with van der Waals surface area (Å²) in [6.07, 6.45) is 0. The van der Waals surface area contributed by atoms with Crippen molar-refractivity contribution in [3.63, 3.8) is 0 Å². The Morgan fingerprint density at radius 3 is 2.58 bits per heavy atom. The van der Waals surface area contributed by atoms with Crippen molar-refractivity contribution in [2.45, 2.75) is 19.5 Å². The quantitative estimate of drug-likeness (QED) is 0.872. The normalized spacial score (nSPS) is 17.5. The topological polar surface area (TPSA) is 48.5 Å². The molecule has 1 atom stereocenters. The highest BCUT2D eigenvalue weighted by Gasteiger charge is 2.20. The van der Waals surface area contributed by atoms with Crippen molar-refractivity contribution >= 4 is 17.2 Å². The van der Waals surface area contributed by atoms with E-state index < -0.39 is 0 Å². The second kappa shape index (κ2) is 8.37. The van der Waals surface area contributed by atoms with Gasteiger partial charge in [-0.2, -0.15) is 0 Å². The van der Waals surface area contributed by atoms with E-state index in [1.165, 1.54) is 0 Å². The van der Waals surface area contributed by atoms with Gasteiger partial charge in [0.1, 0.15) is 0 Å². The summed E-state index contributed by atoms with van der Waals surface area (Å²) in [4.78, 5) is 21.2. The van der Waals surface area contributed by atoms with Crippen molar-refractivity contribution in [2.24, 2.45) is 0 Å². The lowest BCUT2D eigenvalue weighted by molar-refractivity contribution is -0.123. The molecule has 0 radical (unpaired) electrons. The molecule has 0 unspecified atom stereocenters. The summed E-state index contributed by atoms with van der Waals surface area (Å²) in [5, 5.41) is 5.19. The summed E-state index contributed by atoms with van der Waals surface area (Å²) >= 11 is 1.64. The van der Waals surface area contributed by atoms with Gasteiger partial charge in [-0.25, -0.2) is 4.98 Å². The van der Waals surface area contributed by atoms with Crippen LogP contribution in [0.25, 0.3) is 0 Å². The standard InChI is InChI=1S/C18H24N4OS/c1-15(16-5-3-2-4-6-16)20-18(23)12-22-9-7-21(8-10-22)11-17-13-24-14-19-17/h2-6,13-15H,7-12H2,1H3,(H,20,23)/t15-/m0/s1. The van der Waals surface area contributed by atoms with Gasteiger partial charge < -0.3 is 5.32 Å². The number of carbonyl (C=O) groups excluding carboxylic acids is 1. The van der Waals surface area contributed by atoms with Crippen LogP contribution in [-0.4, -0.2) is 53.4 Å². The van der Waals surface area contributed by atoms with E-state index in [-0.39, 0.29) is 11.9 Å². The first-order valence-electron chi connectivity index (χ1n) is 8.37. The van der Waals surface area contributed by atoms with Crippen LogP contribution in [0.5, 0.6) is 0 Å². The predicted octanol–water partition coefficient (Wildman–Crippen LogP) is 2.14. The minimum atomic E-state index is 0.0460. The van der Waals surface area contributed by atoms with Crippen molar-refractivity contribution in [1.29, 1.82) is 0 Å². The number of carbonyl (C=O) groups is 1. The summed E-state index contributed by atoms with van der Waals surface area (Å²) in [7, 11) is 0. The van der Waals surface area contributed by atoms with Crippen LogP contribution in [0.2, 0.25) is 0 Å². The highest BCUT2D eigenvalue weighted by Crippen LogP contribution is 2.12. The molecule has 0 saturated carbocycles. The number of benzene rings is 1. The van der Waals surface area contributed by atoms with E-state index in [1.54, 1.807) is 11.3 Å². The fourth-order valence-corrected chi connectivity index (χ4v) is 3.52. The van der Waals surface area contributed by atoms with Crippen molar-refractivity contribution in [2.75, 3.05) is 32.7 Å². The maximum absolute atomic E-state index is 12.3. The number of amides is 1. The molecule has 5 nitrogen and oxygen atoms in total. The third-order valence-corrected chi connectivity index (χ3v) is 5.01. The Bertz CT molecular complexity index is 624. The smallest absolute Gasteiger partial charge is 0.234 e. The Morgan fingerprint density at radius 1 is 1.21 bits per heavy atom. The monoisotopic (exact) mass is 344 g/mol. The zero-order valence-corrected chi connectivity index (χ0v) is 14.8. The number of hydrogen-bond acceptors (Lipinski definition) is 5. The van der Waals surface area contributed by atoms with Gasteiger partial charge in [0.2, 0.25) is 5.91 Å². The van der Waals surface area contributed by atoms with E-state index >= 15 is 0 Å². The lowest BCUT2D eigenvalue weighted by Gasteiger charge is -2.34. The first kappa shape index (κ1) is 17.1. The second-order valence-corrected chi connectivity index (χ2v) is 6.95. The third-order valence-electron chi connectivity index (χ3n) is 4.38. The molecule has 128 valence electrons. The van der Waals surface area contributed by atoms with E-state index in [4.69, 9.17) is 0 Å². The average molecular weight is 344 g/mol. The van der Waals surface area contributed by atoms with Crippen LogP contribution in [0.4, 0.5) is 0 Å². The fourth-order valence-electron chi connectivity index (χ4n) is 2.97. The van der Waals surface area contributed by atoms with Crippen LogP contribution in [0.1, 0.15) is 24.2 Å². The van der Waals surface area contributed by atoms with Gasteiger partial charge in [0, 0.05) is 38.1 Å². The first-order valence-corrected chi connectivity index (χ1v) is 9.31. The predicted molar refractivity (Wildman–Crippen MR) is 96.8 cm³/mol. The molecule has 2 aromatic rings. The molecule has 1 aliphatic heterocycles. The molecule has 1 aromatic heterocycles. The molecular formula is C18H24N4OS. The van der Waals surface area contributed by atoms with Crippen LogP contribution >= 0.6 is 11.3 Å². The highest BCUT2D eigenvalue weighted by atomic mass is 32.1. The second-order valence-electron chi connectivity index (χ2n) is 6.23. The highest BCUT2D eigenvalue weighted by molar-refractivity contribution is 7.07. The van der Waals surface area contributed by atoms with Gasteiger partial charge in [-0.3, -0.25) is 14.6 Å². The molecule has 1 saturated heterocycles. The molecule has 0 aliphatic carbocycles. The van der Waals surface area contributed by atoms with E-state index in [2.05, 4.69) is 25.5 Å². The van der Waals surface area contributed by atoms with Gasteiger partial charge in [-0.1, -0.05) is 30.3 Å². The molecular weight excluding hydrogens is 320 g/mol. The number of hydrogen-bond donors (Lipinski definition) is 1. The Kier molecular flexibility index (Phi) is 5.96. The molecule has 24 heavy (non-hydrogen) atoms. The molecule has 0 bridgehead atoms. The maximum atomic E-state index is 12.3. The summed E-state index contributed by atoms with van der Waals surface area (Å²) in [6.45, 7) is 7.24. The maximum Gasteiger partial charge on any atom is 0.234 e. The van der Waals surface area contributed by atoms with Crippen LogP contribution in [0, 0.1) is 0 Å². The molecule has 1 fully saturated rings. The Labute approximate surface area is 147 Å². The minimum Gasteiger partial charge on any atom is -0.348 e. The first-order chi connectivity index (χ1) is 11.7. The number of thiazole rings is 1. The van der Waals surface area contributed by atoms with Crippen LogP contribution in [-0.2, 0) is 11.3 Å². The molecule has 1 aliphatic rings. The largest absolute Gasteiger partial charge is 0.348 e. The van der Waals surface area contributed by atoms with Gasteiger partial charge in [0.25, 0.3) is 0 Å². The van der Waals surface area contributed by atoms with E-state index in [9.17, 15) is 4.79 Å². The Hall–Kier alpha value is -1.76. The third kappa shape index (κ3) is 4.87. The van der Waals surface area contributed by atoms with Crippen molar-refractivity contribution in [3.8, 4) is 0 Å². The molecule has 2 heterocycles. The SMILES string of the molecule is C[C@H](NC(=O)CN1CCN(Cc2cscn2)CC1)c1ccccc1. The van der Waals surface area contributed by atoms with E-state index in [0.29, 0.717) is 6.54 Å². The van der Waals surface area contributed by atoms with Crippen LogP contribution in [0.3, 0.4) is 0 Å². The van der Waals surface area contributed by atoms with Gasteiger partial charge in [-0.05, 0) is 12.5 Å². The Balaban J connectivity index is 1.40. The molecule has 1 aromatic carbocycles. The van der Waals surface area contributed by atoms with Gasteiger partial charge in [0.05, 0.1) is 23.8 Å². The van der Waals surface area contributed by atoms with Crippen molar-refractivity contribution < 1.29 is 4.79 Å². The van der Waals surface area contributed by atoms with Gasteiger partial charge in [-0.15, -0.1) is 11.3 Å². The van der Waals surface area contributed by atoms with Crippen molar-refractivity contribution in [3.05, 3.63) is 52.5 Å². The zero-order valence-electron chi connectivity index (χ0n) is 14.0. The summed E-state index contributed by atoms with van der Waals surface area (Å²) in [5.74, 6) is 0.0966. The molecule has 3 rings (SSSR count). The Morgan fingerprint density at radius 2 is 1.92 bits per heavy atom. The molecule has 0 spiro atoms. The number of piperazine rings is 1. The van der Waals surface area contributed by atoms with Crippen LogP contribution < -0.4 is 5.32 Å². The minimum absolute atomic E-state index is 0.0460. The summed E-state index contributed by atoms with van der Waals surface area (Å²) in [5.41, 5.74) is 4.16. The fraction of sp³-hybridized carbons (Fsp3) is 0.444. The van der Waals surface area contributed by atoms with Crippen LogP contribution in [0.15, 0.2) is 41.2 Å². The lowest BCUT2D eigenvalue weighted by atomic mass is 10.1. The number of nitrogens with one attached hydrogen (secondary N) is 1. The van der Waals surface area contributed by atoms with Gasteiger partial charge >= 0.3 is 0 Å². The molecule has 1 N–H and O–H groups in total. The molecule has 6 heteroatoms.